The van der Waals surface area contributed by atoms with Crippen LogP contribution in [0.1, 0.15) is 32.9 Å². The van der Waals surface area contributed by atoms with Crippen molar-refractivity contribution in [3.05, 3.63) is 74.6 Å². The minimum Gasteiger partial charge on any atom is -0.245 e. The van der Waals surface area contributed by atoms with Gasteiger partial charge in [0.15, 0.2) is 0 Å². The molecule has 0 unspecified atom stereocenters. The number of hydrogen-bond acceptors (Lipinski definition) is 2. The Morgan fingerprint density at radius 1 is 0.958 bits per heavy atom. The molecular formula is C19H19N3O2. The summed E-state index contributed by atoms with van der Waals surface area (Å²) >= 11 is 0. The van der Waals surface area contributed by atoms with Crippen molar-refractivity contribution < 1.29 is 0 Å². The molecule has 0 saturated carbocycles. The van der Waals surface area contributed by atoms with Crippen LogP contribution in [0.3, 0.4) is 0 Å². The fourth-order valence-electron chi connectivity index (χ4n) is 5.16. The Hall–Kier alpha value is -2.56. The van der Waals surface area contributed by atoms with Crippen molar-refractivity contribution in [2.24, 2.45) is 11.3 Å². The summed E-state index contributed by atoms with van der Waals surface area (Å²) in [6, 6.07) is 9.00. The smallest absolute Gasteiger partial charge is 0.245 e. The van der Waals surface area contributed by atoms with E-state index in [1.807, 2.05) is 18.2 Å². The molecule has 122 valence electrons. The molecule has 0 fully saturated rings. The van der Waals surface area contributed by atoms with Crippen molar-refractivity contribution in [3.63, 3.8) is 0 Å². The first-order valence-electron chi connectivity index (χ1n) is 8.35. The molecule has 6 rings (SSSR count). The molecule has 1 aromatic heterocycles. The van der Waals surface area contributed by atoms with Gasteiger partial charge in [0.1, 0.15) is 0 Å². The molecule has 1 aromatic carbocycles. The molecule has 5 heteroatoms. The first-order valence-corrected chi connectivity index (χ1v) is 8.35. The van der Waals surface area contributed by atoms with Crippen molar-refractivity contribution in [1.82, 2.24) is 13.9 Å². The lowest BCUT2D eigenvalue weighted by Gasteiger charge is -2.60. The fraction of sp³-hybridized carbons (Fsp3) is 0.368. The van der Waals surface area contributed by atoms with E-state index in [2.05, 4.69) is 32.9 Å². The topological polar surface area (TPSA) is 48.9 Å². The Labute approximate surface area is 139 Å². The minimum atomic E-state index is -0.248. The highest BCUT2D eigenvalue weighted by atomic mass is 16.2. The lowest BCUT2D eigenvalue weighted by Crippen LogP contribution is -2.59. The first-order chi connectivity index (χ1) is 11.5. The largest absolute Gasteiger partial charge is 0.352 e. The van der Waals surface area contributed by atoms with Gasteiger partial charge in [-0.2, -0.15) is 0 Å². The molecule has 4 aliphatic rings. The highest BCUT2D eigenvalue weighted by molar-refractivity contribution is 5.44. The predicted molar refractivity (Wildman–Crippen MR) is 91.5 cm³/mol. The van der Waals surface area contributed by atoms with Crippen molar-refractivity contribution in [3.8, 4) is 5.69 Å². The number of benzene rings is 1. The van der Waals surface area contributed by atoms with Crippen molar-refractivity contribution >= 4 is 0 Å². The molecule has 24 heavy (non-hydrogen) atoms. The standard InChI is InChI=1S/C19H19N3O2/c1-11-12(2)19(3)15-10-9-14(16(11)19)21-17(23)20(18(24)22(15)21)13-7-5-4-6-8-13/h4-10,14-16H,1-3H3/t14-,15-,16-,19+/m0/s1. The van der Waals surface area contributed by atoms with Gasteiger partial charge in [0.25, 0.3) is 0 Å². The van der Waals surface area contributed by atoms with Gasteiger partial charge in [-0.25, -0.2) is 23.5 Å². The summed E-state index contributed by atoms with van der Waals surface area (Å²) in [6.45, 7) is 6.53. The van der Waals surface area contributed by atoms with Crippen molar-refractivity contribution in [2.75, 3.05) is 0 Å². The average molecular weight is 321 g/mol. The molecular weight excluding hydrogens is 302 g/mol. The number of para-hydroxylation sites is 1. The molecule has 2 bridgehead atoms. The van der Waals surface area contributed by atoms with E-state index in [-0.39, 0.29) is 28.9 Å². The molecule has 0 spiro atoms. The van der Waals surface area contributed by atoms with Crippen molar-refractivity contribution in [1.29, 1.82) is 0 Å². The molecule has 5 nitrogen and oxygen atoms in total. The van der Waals surface area contributed by atoms with Gasteiger partial charge in [0, 0.05) is 11.3 Å². The zero-order chi connectivity index (χ0) is 16.8. The van der Waals surface area contributed by atoms with Crippen LogP contribution in [-0.2, 0) is 0 Å². The van der Waals surface area contributed by atoms with Crippen LogP contribution in [0.2, 0.25) is 0 Å². The van der Waals surface area contributed by atoms with Gasteiger partial charge in [-0.3, -0.25) is 0 Å². The van der Waals surface area contributed by atoms with Crippen LogP contribution in [0.4, 0.5) is 0 Å². The lowest BCUT2D eigenvalue weighted by atomic mass is 9.49. The van der Waals surface area contributed by atoms with Gasteiger partial charge in [-0.1, -0.05) is 48.4 Å². The van der Waals surface area contributed by atoms with E-state index in [1.54, 1.807) is 21.5 Å². The van der Waals surface area contributed by atoms with Gasteiger partial charge < -0.3 is 0 Å². The Kier molecular flexibility index (Phi) is 2.36. The highest BCUT2D eigenvalue weighted by Crippen LogP contribution is 2.65. The van der Waals surface area contributed by atoms with E-state index in [9.17, 15) is 9.59 Å². The SMILES string of the molecule is CC1=C(C)[C@]2(C)[C@@H]3C=C[C@@H]([C@H]12)n1c(=O)n(-c2ccccc2)c(=O)n13. The molecule has 4 atom stereocenters. The third-order valence-corrected chi connectivity index (χ3v) is 6.53. The Morgan fingerprint density at radius 2 is 1.62 bits per heavy atom. The summed E-state index contributed by atoms with van der Waals surface area (Å²) in [5.41, 5.74) is 2.77. The second kappa shape index (κ2) is 4.09. The summed E-state index contributed by atoms with van der Waals surface area (Å²) in [5.74, 6) is 0.302. The lowest BCUT2D eigenvalue weighted by molar-refractivity contribution is 0.0303. The number of hydrogen-bond donors (Lipinski definition) is 0. The summed E-state index contributed by atoms with van der Waals surface area (Å²) in [6.07, 6.45) is 4.20. The van der Waals surface area contributed by atoms with Gasteiger partial charge in [0.05, 0.1) is 17.8 Å². The summed E-state index contributed by atoms with van der Waals surface area (Å²) in [7, 11) is 0. The molecule has 0 saturated heterocycles. The van der Waals surface area contributed by atoms with Crippen LogP contribution >= 0.6 is 0 Å². The normalized spacial score (nSPS) is 32.5. The number of aromatic nitrogens is 3. The van der Waals surface area contributed by atoms with Gasteiger partial charge in [0.2, 0.25) is 0 Å². The van der Waals surface area contributed by atoms with Gasteiger partial charge in [-0.15, -0.1) is 0 Å². The second-order valence-electron chi connectivity index (χ2n) is 7.31. The van der Waals surface area contributed by atoms with Crippen LogP contribution in [-0.4, -0.2) is 13.9 Å². The maximum absolute atomic E-state index is 13.1. The Bertz CT molecular complexity index is 1050. The number of nitrogens with zero attached hydrogens (tertiary/aromatic N) is 3. The third kappa shape index (κ3) is 1.26. The van der Waals surface area contributed by atoms with E-state index >= 15 is 0 Å². The van der Waals surface area contributed by atoms with Crippen LogP contribution < -0.4 is 11.4 Å². The molecule has 0 amide bonds. The fourth-order valence-corrected chi connectivity index (χ4v) is 5.16. The van der Waals surface area contributed by atoms with Crippen LogP contribution in [0, 0.1) is 11.3 Å². The zero-order valence-corrected chi connectivity index (χ0v) is 13.9. The third-order valence-electron chi connectivity index (χ3n) is 6.53. The van der Waals surface area contributed by atoms with Crippen LogP contribution in [0.15, 0.2) is 63.2 Å². The van der Waals surface area contributed by atoms with E-state index in [1.165, 1.54) is 15.7 Å². The van der Waals surface area contributed by atoms with Gasteiger partial charge in [-0.05, 0) is 26.0 Å². The molecule has 2 aliphatic carbocycles. The zero-order valence-electron chi connectivity index (χ0n) is 13.9. The first kappa shape index (κ1) is 13.8. The van der Waals surface area contributed by atoms with Crippen LogP contribution in [0.5, 0.6) is 0 Å². The Morgan fingerprint density at radius 3 is 2.33 bits per heavy atom. The molecule has 0 radical (unpaired) electrons. The quantitative estimate of drug-likeness (QED) is 0.758. The summed E-state index contributed by atoms with van der Waals surface area (Å²) in [4.78, 5) is 26.1. The average Bonchev–Trinajstić information content (AvgIpc) is 2.88. The predicted octanol–water partition coefficient (Wildman–Crippen LogP) is 2.44. The monoisotopic (exact) mass is 321 g/mol. The van der Waals surface area contributed by atoms with E-state index in [0.29, 0.717) is 11.6 Å². The van der Waals surface area contributed by atoms with E-state index < -0.39 is 0 Å². The maximum atomic E-state index is 13.1. The van der Waals surface area contributed by atoms with E-state index in [0.717, 1.165) is 0 Å². The molecule has 3 heterocycles. The number of allylic oxidation sites excluding steroid dienone is 4. The highest BCUT2D eigenvalue weighted by Gasteiger charge is 2.61. The maximum Gasteiger partial charge on any atom is 0.352 e. The Balaban J connectivity index is 1.82. The number of rotatable bonds is 1. The molecule has 0 N–H and O–H groups in total. The summed E-state index contributed by atoms with van der Waals surface area (Å²) in [5, 5.41) is 0. The molecule has 2 aliphatic heterocycles. The second-order valence-corrected chi connectivity index (χ2v) is 7.31. The van der Waals surface area contributed by atoms with Gasteiger partial charge >= 0.3 is 11.4 Å². The van der Waals surface area contributed by atoms with Crippen LogP contribution in [0.25, 0.3) is 5.69 Å². The van der Waals surface area contributed by atoms with Crippen molar-refractivity contribution in [2.45, 2.75) is 32.9 Å². The summed E-state index contributed by atoms with van der Waals surface area (Å²) < 4.78 is 4.64. The van der Waals surface area contributed by atoms with E-state index in [4.69, 9.17) is 0 Å². The minimum absolute atomic E-state index is 0.0668. The molecule has 2 aromatic rings.